The molecular formula is C26H22N2O6S. The molecule has 0 saturated heterocycles. The van der Waals surface area contributed by atoms with Gasteiger partial charge in [0.2, 0.25) is 0 Å². The van der Waals surface area contributed by atoms with Crippen LogP contribution in [-0.2, 0) is 0 Å². The quantitative estimate of drug-likeness (QED) is 0.217. The number of hydrogen-bond donors (Lipinski definition) is 0. The second-order valence-electron chi connectivity index (χ2n) is 7.66. The number of methoxy groups -OCH3 is 2. The summed E-state index contributed by atoms with van der Waals surface area (Å²) in [6.45, 7) is 0.926. The van der Waals surface area contributed by atoms with E-state index in [1.807, 2.05) is 6.07 Å². The van der Waals surface area contributed by atoms with Crippen LogP contribution in [0.15, 0.2) is 70.6 Å². The van der Waals surface area contributed by atoms with Crippen LogP contribution in [-0.4, -0.2) is 48.5 Å². The fourth-order valence-electron chi connectivity index (χ4n) is 3.83. The molecule has 0 unspecified atom stereocenters. The average Bonchev–Trinajstić information content (AvgIpc) is 2.91. The van der Waals surface area contributed by atoms with Crippen molar-refractivity contribution in [1.29, 1.82) is 0 Å². The van der Waals surface area contributed by atoms with E-state index < -0.39 is 0 Å². The fraction of sp³-hybridized carbons (Fsp3) is 0.192. The molecule has 5 rings (SSSR count). The van der Waals surface area contributed by atoms with E-state index in [0.717, 1.165) is 0 Å². The summed E-state index contributed by atoms with van der Waals surface area (Å²) in [5.74, 6) is 2.16. The summed E-state index contributed by atoms with van der Waals surface area (Å²) in [5, 5.41) is 0.872. The predicted octanol–water partition coefficient (Wildman–Crippen LogP) is 4.15. The number of ketones is 1. The maximum atomic E-state index is 13.5. The van der Waals surface area contributed by atoms with Gasteiger partial charge in [0.25, 0.3) is 5.56 Å². The van der Waals surface area contributed by atoms with Crippen LogP contribution in [0.3, 0.4) is 0 Å². The highest BCUT2D eigenvalue weighted by atomic mass is 32.2. The van der Waals surface area contributed by atoms with Crippen LogP contribution in [0.4, 0.5) is 0 Å². The van der Waals surface area contributed by atoms with Crippen molar-refractivity contribution in [3.05, 3.63) is 76.6 Å². The molecule has 0 saturated carbocycles. The Morgan fingerprint density at radius 3 is 2.54 bits per heavy atom. The smallest absolute Gasteiger partial charge is 0.266 e. The number of hydrogen-bond acceptors (Lipinski definition) is 8. The number of ether oxygens (including phenoxy) is 4. The number of benzene rings is 3. The lowest BCUT2D eigenvalue weighted by molar-refractivity contribution is 0.102. The Morgan fingerprint density at radius 2 is 1.74 bits per heavy atom. The van der Waals surface area contributed by atoms with Crippen molar-refractivity contribution in [3.8, 4) is 28.7 Å². The molecule has 0 spiro atoms. The van der Waals surface area contributed by atoms with Gasteiger partial charge in [-0.3, -0.25) is 14.2 Å². The first-order valence-electron chi connectivity index (χ1n) is 10.9. The molecule has 0 atom stereocenters. The maximum Gasteiger partial charge on any atom is 0.266 e. The lowest BCUT2D eigenvalue weighted by atomic mass is 10.1. The highest BCUT2D eigenvalue weighted by Crippen LogP contribution is 2.33. The van der Waals surface area contributed by atoms with E-state index in [1.165, 1.54) is 23.4 Å². The number of para-hydroxylation sites is 1. The number of rotatable bonds is 7. The molecule has 4 aromatic rings. The third-order valence-corrected chi connectivity index (χ3v) is 6.51. The molecule has 0 bridgehead atoms. The van der Waals surface area contributed by atoms with Gasteiger partial charge in [-0.15, -0.1) is 0 Å². The number of thioether (sulfide) groups is 1. The van der Waals surface area contributed by atoms with Gasteiger partial charge in [0.1, 0.15) is 13.2 Å². The molecular weight excluding hydrogens is 468 g/mol. The first-order valence-corrected chi connectivity index (χ1v) is 11.9. The monoisotopic (exact) mass is 490 g/mol. The van der Waals surface area contributed by atoms with E-state index in [0.29, 0.717) is 63.5 Å². The second kappa shape index (κ2) is 9.71. The molecule has 1 aromatic heterocycles. The van der Waals surface area contributed by atoms with E-state index in [1.54, 1.807) is 61.7 Å². The van der Waals surface area contributed by atoms with Gasteiger partial charge in [0.15, 0.2) is 33.9 Å². The van der Waals surface area contributed by atoms with Crippen molar-refractivity contribution in [3.63, 3.8) is 0 Å². The molecule has 8 nitrogen and oxygen atoms in total. The highest BCUT2D eigenvalue weighted by molar-refractivity contribution is 7.99. The van der Waals surface area contributed by atoms with E-state index in [4.69, 9.17) is 23.9 Å². The van der Waals surface area contributed by atoms with Gasteiger partial charge in [-0.05, 0) is 42.5 Å². The zero-order valence-corrected chi connectivity index (χ0v) is 20.0. The van der Waals surface area contributed by atoms with Gasteiger partial charge in [-0.2, -0.15) is 0 Å². The van der Waals surface area contributed by atoms with Gasteiger partial charge in [-0.1, -0.05) is 23.9 Å². The summed E-state index contributed by atoms with van der Waals surface area (Å²) in [6.07, 6.45) is 0. The van der Waals surface area contributed by atoms with Crippen molar-refractivity contribution >= 4 is 28.4 Å². The molecule has 0 amide bonds. The third kappa shape index (κ3) is 4.42. The van der Waals surface area contributed by atoms with Crippen LogP contribution < -0.4 is 24.5 Å². The number of nitrogens with zero attached hydrogens (tertiary/aromatic N) is 2. The minimum absolute atomic E-state index is 0.0811. The molecule has 2 heterocycles. The normalized spacial score (nSPS) is 12.4. The number of aromatic nitrogens is 2. The lowest BCUT2D eigenvalue weighted by Crippen LogP contribution is -2.22. The van der Waals surface area contributed by atoms with E-state index in [-0.39, 0.29) is 17.1 Å². The van der Waals surface area contributed by atoms with Crippen molar-refractivity contribution in [2.75, 3.05) is 33.2 Å². The van der Waals surface area contributed by atoms with Crippen LogP contribution >= 0.6 is 11.8 Å². The van der Waals surface area contributed by atoms with Crippen LogP contribution in [0, 0.1) is 0 Å². The number of carbonyl (C=O) groups excluding carboxylic acids is 1. The summed E-state index contributed by atoms with van der Waals surface area (Å²) in [7, 11) is 3.08. The summed E-state index contributed by atoms with van der Waals surface area (Å²) >= 11 is 1.19. The standard InChI is InChI=1S/C26H22N2O6S/c1-31-21-10-8-17(14-23(21)32-2)28-25(30)18-5-3-4-6-19(18)27-26(28)35-15-20(29)16-7-9-22-24(13-16)34-12-11-33-22/h3-10,13-14H,11-12,15H2,1-2H3. The van der Waals surface area contributed by atoms with Crippen molar-refractivity contribution in [2.24, 2.45) is 0 Å². The van der Waals surface area contributed by atoms with E-state index in [9.17, 15) is 9.59 Å². The average molecular weight is 491 g/mol. The molecule has 1 aliphatic rings. The molecule has 0 radical (unpaired) electrons. The fourth-order valence-corrected chi connectivity index (χ4v) is 4.74. The van der Waals surface area contributed by atoms with E-state index >= 15 is 0 Å². The SMILES string of the molecule is COc1ccc(-n2c(SCC(=O)c3ccc4c(c3)OCCO4)nc3ccccc3c2=O)cc1OC. The van der Waals surface area contributed by atoms with Crippen LogP contribution in [0.25, 0.3) is 16.6 Å². The third-order valence-electron chi connectivity index (χ3n) is 5.57. The Labute approximate surface area is 205 Å². The zero-order chi connectivity index (χ0) is 24.4. The molecule has 0 N–H and O–H groups in total. The summed E-state index contributed by atoms with van der Waals surface area (Å²) in [6, 6.07) is 17.5. The minimum Gasteiger partial charge on any atom is -0.493 e. The number of carbonyl (C=O) groups is 1. The lowest BCUT2D eigenvalue weighted by Gasteiger charge is -2.18. The van der Waals surface area contributed by atoms with Crippen molar-refractivity contribution < 1.29 is 23.7 Å². The van der Waals surface area contributed by atoms with Crippen molar-refractivity contribution in [1.82, 2.24) is 9.55 Å². The van der Waals surface area contributed by atoms with Gasteiger partial charge in [-0.25, -0.2) is 4.98 Å². The van der Waals surface area contributed by atoms with Crippen LogP contribution in [0.5, 0.6) is 23.0 Å². The first kappa shape index (κ1) is 22.8. The van der Waals surface area contributed by atoms with E-state index in [2.05, 4.69) is 0 Å². The second-order valence-corrected chi connectivity index (χ2v) is 8.60. The minimum atomic E-state index is -0.239. The molecule has 178 valence electrons. The van der Waals surface area contributed by atoms with Gasteiger partial charge in [0, 0.05) is 11.6 Å². The molecule has 3 aromatic carbocycles. The Morgan fingerprint density at radius 1 is 0.971 bits per heavy atom. The first-order chi connectivity index (χ1) is 17.1. The van der Waals surface area contributed by atoms with Crippen LogP contribution in [0.2, 0.25) is 0 Å². The Kier molecular flexibility index (Phi) is 6.33. The molecule has 1 aliphatic heterocycles. The van der Waals surface area contributed by atoms with Gasteiger partial charge in [0.05, 0.1) is 36.6 Å². The molecule has 0 aliphatic carbocycles. The Bertz CT molecular complexity index is 1480. The van der Waals surface area contributed by atoms with Gasteiger partial charge < -0.3 is 18.9 Å². The van der Waals surface area contributed by atoms with Crippen molar-refractivity contribution in [2.45, 2.75) is 5.16 Å². The summed E-state index contributed by atoms with van der Waals surface area (Å²) in [5.41, 5.74) is 1.38. The van der Waals surface area contributed by atoms with Crippen LogP contribution in [0.1, 0.15) is 10.4 Å². The zero-order valence-electron chi connectivity index (χ0n) is 19.1. The Balaban J connectivity index is 1.52. The van der Waals surface area contributed by atoms with Gasteiger partial charge >= 0.3 is 0 Å². The molecule has 35 heavy (non-hydrogen) atoms. The molecule has 0 fully saturated rings. The predicted molar refractivity (Wildman–Crippen MR) is 133 cm³/mol. The summed E-state index contributed by atoms with van der Waals surface area (Å²) in [4.78, 5) is 31.2. The maximum absolute atomic E-state index is 13.5. The largest absolute Gasteiger partial charge is 0.493 e. The molecule has 9 heteroatoms. The number of Topliss-reactive ketones (excluding diaryl/α,β-unsaturated/α-hetero) is 1. The Hall–Kier alpha value is -3.98. The summed E-state index contributed by atoms with van der Waals surface area (Å²) < 4.78 is 23.4. The topological polar surface area (TPSA) is 88.9 Å². The number of fused-ring (bicyclic) bond motifs is 2. The highest BCUT2D eigenvalue weighted by Gasteiger charge is 2.19.